The molecule has 2 aromatic rings. The van der Waals surface area contributed by atoms with Crippen molar-refractivity contribution in [1.29, 1.82) is 0 Å². The van der Waals surface area contributed by atoms with Gasteiger partial charge in [0.25, 0.3) is 0 Å². The second-order valence-electron chi connectivity index (χ2n) is 2.75. The molecule has 0 spiro atoms. The predicted molar refractivity (Wildman–Crippen MR) is 46.9 cm³/mol. The molecule has 0 aliphatic rings. The number of H-pyrrole nitrogens is 1. The topological polar surface area (TPSA) is 74.9 Å². The normalized spacial score (nSPS) is 10.8. The number of aryl methyl sites for hydroxylation is 1. The van der Waals surface area contributed by atoms with Crippen LogP contribution >= 0.6 is 0 Å². The van der Waals surface area contributed by atoms with Gasteiger partial charge >= 0.3 is 0 Å². The molecule has 4 heteroatoms. The highest BCUT2D eigenvalue weighted by atomic mass is 16.3. The smallest absolute Gasteiger partial charge is 0.148 e. The number of nitrogens with two attached hydrogens (primary N) is 1. The van der Waals surface area contributed by atoms with E-state index in [-0.39, 0.29) is 5.75 Å². The van der Waals surface area contributed by atoms with Gasteiger partial charge in [0.05, 0.1) is 11.7 Å². The lowest BCUT2D eigenvalue weighted by molar-refractivity contribution is 0.479. The van der Waals surface area contributed by atoms with Crippen LogP contribution in [0.15, 0.2) is 12.4 Å². The lowest BCUT2D eigenvalue weighted by atomic mass is 10.2. The van der Waals surface area contributed by atoms with Crippen LogP contribution in [0.2, 0.25) is 0 Å². The summed E-state index contributed by atoms with van der Waals surface area (Å²) in [4.78, 5) is 6.77. The monoisotopic (exact) mass is 163 g/mol. The molecule has 0 amide bonds. The minimum Gasteiger partial charge on any atom is -0.506 e. The van der Waals surface area contributed by atoms with E-state index in [1.54, 1.807) is 6.20 Å². The number of aromatic amines is 1. The minimum atomic E-state index is 0.165. The summed E-state index contributed by atoms with van der Waals surface area (Å²) < 4.78 is 0. The van der Waals surface area contributed by atoms with Crippen molar-refractivity contribution in [3.05, 3.63) is 18.0 Å². The fourth-order valence-corrected chi connectivity index (χ4v) is 1.31. The van der Waals surface area contributed by atoms with E-state index in [1.807, 2.05) is 6.92 Å². The Balaban J connectivity index is 2.98. The van der Waals surface area contributed by atoms with Gasteiger partial charge in [-0.1, -0.05) is 0 Å². The second-order valence-corrected chi connectivity index (χ2v) is 2.75. The zero-order chi connectivity index (χ0) is 8.72. The highest BCUT2D eigenvalue weighted by Gasteiger charge is 2.07. The largest absolute Gasteiger partial charge is 0.506 e. The Bertz CT molecular complexity index is 433. The molecular weight excluding hydrogens is 154 g/mol. The van der Waals surface area contributed by atoms with Crippen LogP contribution in [0.25, 0.3) is 10.9 Å². The molecule has 2 aromatic heterocycles. The molecule has 0 atom stereocenters. The molecule has 4 nitrogen and oxygen atoms in total. The van der Waals surface area contributed by atoms with Crippen LogP contribution in [0, 0.1) is 6.92 Å². The first-order valence-electron chi connectivity index (χ1n) is 3.61. The molecule has 0 aliphatic carbocycles. The van der Waals surface area contributed by atoms with E-state index in [9.17, 15) is 5.11 Å². The molecule has 0 aliphatic heterocycles. The Morgan fingerprint density at radius 1 is 1.58 bits per heavy atom. The van der Waals surface area contributed by atoms with Crippen molar-refractivity contribution < 1.29 is 5.11 Å². The average Bonchev–Trinajstić information content (AvgIpc) is 2.42. The molecule has 0 fully saturated rings. The Morgan fingerprint density at radius 2 is 2.33 bits per heavy atom. The molecule has 2 heterocycles. The molecule has 12 heavy (non-hydrogen) atoms. The summed E-state index contributed by atoms with van der Waals surface area (Å²) in [5, 5.41) is 10.2. The fraction of sp³-hybridized carbons (Fsp3) is 0.125. The Kier molecular flexibility index (Phi) is 1.24. The molecule has 0 radical (unpaired) electrons. The number of nitrogens with one attached hydrogen (secondary N) is 1. The number of rotatable bonds is 0. The van der Waals surface area contributed by atoms with E-state index in [4.69, 9.17) is 5.73 Å². The zero-order valence-electron chi connectivity index (χ0n) is 6.63. The van der Waals surface area contributed by atoms with Crippen molar-refractivity contribution in [3.8, 4) is 5.75 Å². The number of aromatic nitrogens is 2. The predicted octanol–water partition coefficient (Wildman–Crippen LogP) is 1.16. The first-order chi connectivity index (χ1) is 5.70. The van der Waals surface area contributed by atoms with Gasteiger partial charge in [-0.05, 0) is 12.5 Å². The third-order valence-electron chi connectivity index (χ3n) is 1.92. The Morgan fingerprint density at radius 3 is 3.00 bits per heavy atom. The molecule has 4 N–H and O–H groups in total. The zero-order valence-corrected chi connectivity index (χ0v) is 6.63. The molecular formula is C8H9N3O. The van der Waals surface area contributed by atoms with Gasteiger partial charge in [0.1, 0.15) is 11.6 Å². The number of pyridine rings is 1. The third kappa shape index (κ3) is 0.747. The van der Waals surface area contributed by atoms with E-state index in [0.717, 1.165) is 10.9 Å². The highest BCUT2D eigenvalue weighted by molar-refractivity contribution is 5.94. The summed E-state index contributed by atoms with van der Waals surface area (Å²) >= 11 is 0. The van der Waals surface area contributed by atoms with Gasteiger partial charge in [0.15, 0.2) is 0 Å². The summed E-state index contributed by atoms with van der Waals surface area (Å²) in [6, 6.07) is 0. The third-order valence-corrected chi connectivity index (χ3v) is 1.92. The Hall–Kier alpha value is -1.71. The lowest BCUT2D eigenvalue weighted by Gasteiger charge is -1.97. The van der Waals surface area contributed by atoms with Crippen LogP contribution < -0.4 is 5.73 Å². The number of nitrogens with zero attached hydrogens (tertiary/aromatic N) is 1. The van der Waals surface area contributed by atoms with Gasteiger partial charge in [0, 0.05) is 11.6 Å². The summed E-state index contributed by atoms with van der Waals surface area (Å²) in [6.07, 6.45) is 3.15. The van der Waals surface area contributed by atoms with Crippen LogP contribution in [0.4, 0.5) is 5.82 Å². The van der Waals surface area contributed by atoms with Crippen molar-refractivity contribution in [2.75, 3.05) is 5.73 Å². The lowest BCUT2D eigenvalue weighted by Crippen LogP contribution is -1.90. The van der Waals surface area contributed by atoms with Gasteiger partial charge in [0.2, 0.25) is 0 Å². The Labute approximate surface area is 69.0 Å². The van der Waals surface area contributed by atoms with Gasteiger partial charge < -0.3 is 15.8 Å². The average molecular weight is 163 g/mol. The molecule has 0 aromatic carbocycles. The fourth-order valence-electron chi connectivity index (χ4n) is 1.31. The number of aromatic hydroxyl groups is 1. The minimum absolute atomic E-state index is 0.165. The quantitative estimate of drug-likeness (QED) is 0.545. The first-order valence-corrected chi connectivity index (χ1v) is 3.61. The van der Waals surface area contributed by atoms with Crippen LogP contribution in [-0.4, -0.2) is 15.1 Å². The summed E-state index contributed by atoms with van der Waals surface area (Å²) in [5.41, 5.74) is 7.26. The molecule has 0 bridgehead atoms. The molecule has 0 saturated carbocycles. The van der Waals surface area contributed by atoms with Crippen LogP contribution in [0.5, 0.6) is 5.75 Å². The summed E-state index contributed by atoms with van der Waals surface area (Å²) in [6.45, 7) is 1.90. The van der Waals surface area contributed by atoms with E-state index in [1.165, 1.54) is 6.20 Å². The maximum atomic E-state index is 9.43. The van der Waals surface area contributed by atoms with E-state index < -0.39 is 0 Å². The number of fused-ring (bicyclic) bond motifs is 1. The summed E-state index contributed by atoms with van der Waals surface area (Å²) in [5.74, 6) is 0.578. The maximum Gasteiger partial charge on any atom is 0.148 e. The van der Waals surface area contributed by atoms with Crippen LogP contribution in [-0.2, 0) is 0 Å². The second kappa shape index (κ2) is 2.14. The molecule has 62 valence electrons. The molecule has 0 saturated heterocycles. The number of hydrogen-bond acceptors (Lipinski definition) is 3. The van der Waals surface area contributed by atoms with Crippen molar-refractivity contribution in [2.45, 2.75) is 6.92 Å². The van der Waals surface area contributed by atoms with Crippen molar-refractivity contribution in [1.82, 2.24) is 9.97 Å². The SMILES string of the molecule is Cc1c[nH]c2c(N)ncc(O)c12. The van der Waals surface area contributed by atoms with Crippen LogP contribution in [0.3, 0.4) is 0 Å². The number of hydrogen-bond donors (Lipinski definition) is 3. The molecule has 2 rings (SSSR count). The van der Waals surface area contributed by atoms with Gasteiger partial charge in [-0.25, -0.2) is 4.98 Å². The number of anilines is 1. The van der Waals surface area contributed by atoms with Gasteiger partial charge in [-0.15, -0.1) is 0 Å². The number of nitrogen functional groups attached to an aromatic ring is 1. The van der Waals surface area contributed by atoms with Crippen molar-refractivity contribution in [2.24, 2.45) is 0 Å². The maximum absolute atomic E-state index is 9.43. The highest BCUT2D eigenvalue weighted by Crippen LogP contribution is 2.28. The molecule has 0 unspecified atom stereocenters. The van der Waals surface area contributed by atoms with E-state index in [2.05, 4.69) is 9.97 Å². The van der Waals surface area contributed by atoms with Crippen LogP contribution in [0.1, 0.15) is 5.56 Å². The first kappa shape index (κ1) is 6.97. The van der Waals surface area contributed by atoms with E-state index in [0.29, 0.717) is 11.3 Å². The standard InChI is InChI=1S/C8H9N3O/c1-4-2-10-7-6(4)5(12)3-11-8(7)9/h2-3,10,12H,1H3,(H2,9,11). The summed E-state index contributed by atoms with van der Waals surface area (Å²) in [7, 11) is 0. The van der Waals surface area contributed by atoms with Crippen molar-refractivity contribution >= 4 is 16.7 Å². The van der Waals surface area contributed by atoms with Gasteiger partial charge in [-0.3, -0.25) is 0 Å². The van der Waals surface area contributed by atoms with E-state index >= 15 is 0 Å². The van der Waals surface area contributed by atoms with Crippen molar-refractivity contribution in [3.63, 3.8) is 0 Å². The van der Waals surface area contributed by atoms with Gasteiger partial charge in [-0.2, -0.15) is 0 Å².